The Kier molecular flexibility index (Phi) is 5.74. The zero-order valence-corrected chi connectivity index (χ0v) is 17.9. The van der Waals surface area contributed by atoms with E-state index in [2.05, 4.69) is 27.9 Å². The zero-order valence-electron chi connectivity index (χ0n) is 17.1. The van der Waals surface area contributed by atoms with E-state index in [4.69, 9.17) is 0 Å². The monoisotopic (exact) mass is 428 g/mol. The molecule has 2 aromatic heterocycles. The molecule has 0 saturated heterocycles. The second kappa shape index (κ2) is 8.62. The summed E-state index contributed by atoms with van der Waals surface area (Å²) in [6.45, 7) is 3.72. The number of aromatic amines is 2. The maximum Gasteiger partial charge on any atom is 0.346 e. The van der Waals surface area contributed by atoms with Crippen LogP contribution in [0, 0.1) is 18.3 Å². The highest BCUT2D eigenvalue weighted by Gasteiger charge is 2.28. The molecular formula is C24H20N4O2S. The summed E-state index contributed by atoms with van der Waals surface area (Å²) in [5.74, 6) is -0.112. The average Bonchev–Trinajstić information content (AvgIpc) is 3.21. The molecule has 7 heteroatoms. The van der Waals surface area contributed by atoms with Gasteiger partial charge in [-0.3, -0.25) is 4.79 Å². The minimum atomic E-state index is -0.661. The Morgan fingerprint density at radius 2 is 1.97 bits per heavy atom. The van der Waals surface area contributed by atoms with E-state index in [1.54, 1.807) is 13.1 Å². The SMILES string of the molecule is CCc1cccc2c(C(=O)[C@@H](Sc3nc(=O)[nH]c(C)c3C#N)c3ccccc3)c[nH]c12. The van der Waals surface area contributed by atoms with Crippen LogP contribution in [0.3, 0.4) is 0 Å². The predicted molar refractivity (Wildman–Crippen MR) is 121 cm³/mol. The van der Waals surface area contributed by atoms with Crippen molar-refractivity contribution in [2.24, 2.45) is 0 Å². The molecule has 154 valence electrons. The number of nitrogens with one attached hydrogen (secondary N) is 2. The molecule has 0 fully saturated rings. The number of fused-ring (bicyclic) bond motifs is 1. The first kappa shape index (κ1) is 20.6. The van der Waals surface area contributed by atoms with Crippen LogP contribution >= 0.6 is 11.8 Å². The first-order valence-corrected chi connectivity index (χ1v) is 10.8. The standard InChI is InChI=1S/C24H20N4O2S/c1-3-15-10-7-11-17-19(13-26-20(15)17)21(29)22(16-8-5-4-6-9-16)31-23-18(12-25)14(2)27-24(30)28-23/h4-11,13,22,26H,3H2,1-2H3,(H,27,28,30)/t22-/m0/s1. The van der Waals surface area contributed by atoms with Crippen molar-refractivity contribution >= 4 is 28.4 Å². The van der Waals surface area contributed by atoms with Gasteiger partial charge in [0.2, 0.25) is 0 Å². The van der Waals surface area contributed by atoms with E-state index in [1.165, 1.54) is 0 Å². The molecule has 0 amide bonds. The number of aryl methyl sites for hydroxylation is 2. The number of carbonyl (C=O) groups excluding carboxylic acids is 1. The van der Waals surface area contributed by atoms with E-state index >= 15 is 0 Å². The van der Waals surface area contributed by atoms with Crippen LogP contribution in [0.25, 0.3) is 10.9 Å². The number of aromatic nitrogens is 3. The van der Waals surface area contributed by atoms with E-state index in [0.29, 0.717) is 11.3 Å². The number of carbonyl (C=O) groups is 1. The van der Waals surface area contributed by atoms with Gasteiger partial charge in [-0.2, -0.15) is 10.2 Å². The number of benzene rings is 2. The van der Waals surface area contributed by atoms with Gasteiger partial charge in [0.1, 0.15) is 16.7 Å². The number of ketones is 1. The normalized spacial score (nSPS) is 11.9. The topological polar surface area (TPSA) is 102 Å². The first-order valence-electron chi connectivity index (χ1n) is 9.89. The molecule has 31 heavy (non-hydrogen) atoms. The highest BCUT2D eigenvalue weighted by Crippen LogP contribution is 2.39. The number of hydrogen-bond acceptors (Lipinski definition) is 5. The Hall–Kier alpha value is -3.63. The van der Waals surface area contributed by atoms with E-state index < -0.39 is 10.9 Å². The van der Waals surface area contributed by atoms with Crippen LogP contribution in [0.4, 0.5) is 0 Å². The minimum Gasteiger partial charge on any atom is -0.360 e. The van der Waals surface area contributed by atoms with Crippen molar-refractivity contribution in [2.45, 2.75) is 30.5 Å². The summed E-state index contributed by atoms with van der Waals surface area (Å²) in [6.07, 6.45) is 2.59. The van der Waals surface area contributed by atoms with Gasteiger partial charge in [0, 0.05) is 28.4 Å². The minimum absolute atomic E-state index is 0.112. The summed E-state index contributed by atoms with van der Waals surface area (Å²) in [5.41, 5.74) is 3.60. The van der Waals surface area contributed by atoms with Gasteiger partial charge in [-0.15, -0.1) is 0 Å². The van der Waals surface area contributed by atoms with Crippen LogP contribution in [-0.2, 0) is 6.42 Å². The zero-order chi connectivity index (χ0) is 22.0. The number of para-hydroxylation sites is 1. The van der Waals surface area contributed by atoms with Gasteiger partial charge in [-0.25, -0.2) is 4.79 Å². The fourth-order valence-corrected chi connectivity index (χ4v) is 4.85. The molecule has 2 heterocycles. The van der Waals surface area contributed by atoms with E-state index in [9.17, 15) is 14.9 Å². The van der Waals surface area contributed by atoms with Crippen molar-refractivity contribution in [1.82, 2.24) is 15.0 Å². The van der Waals surface area contributed by atoms with Crippen LogP contribution in [0.1, 0.15) is 44.9 Å². The highest BCUT2D eigenvalue weighted by molar-refractivity contribution is 8.00. The Morgan fingerprint density at radius 3 is 2.68 bits per heavy atom. The molecule has 0 spiro atoms. The van der Waals surface area contributed by atoms with Gasteiger partial charge in [-0.1, -0.05) is 67.2 Å². The smallest absolute Gasteiger partial charge is 0.346 e. The van der Waals surface area contributed by atoms with Crippen molar-refractivity contribution in [2.75, 3.05) is 0 Å². The van der Waals surface area contributed by atoms with Gasteiger partial charge in [0.15, 0.2) is 5.78 Å². The van der Waals surface area contributed by atoms with Crippen molar-refractivity contribution in [3.63, 3.8) is 0 Å². The van der Waals surface area contributed by atoms with Crippen LogP contribution in [0.15, 0.2) is 64.5 Å². The second-order valence-corrected chi connectivity index (χ2v) is 8.22. The largest absolute Gasteiger partial charge is 0.360 e. The Bertz CT molecular complexity index is 1370. The molecule has 4 aromatic rings. The Labute approximate surface area is 183 Å². The summed E-state index contributed by atoms with van der Waals surface area (Å²) < 4.78 is 0. The van der Waals surface area contributed by atoms with E-state index in [0.717, 1.165) is 40.2 Å². The molecule has 6 nitrogen and oxygen atoms in total. The molecule has 0 radical (unpaired) electrons. The lowest BCUT2D eigenvalue weighted by Crippen LogP contribution is -2.16. The maximum atomic E-state index is 13.8. The number of Topliss-reactive ketones (excluding diaryl/α,β-unsaturated/α-hetero) is 1. The summed E-state index contributed by atoms with van der Waals surface area (Å²) in [6, 6.07) is 17.4. The lowest BCUT2D eigenvalue weighted by atomic mass is 10.0. The Balaban J connectivity index is 1.84. The van der Waals surface area contributed by atoms with Crippen LogP contribution < -0.4 is 5.69 Å². The molecular weight excluding hydrogens is 408 g/mol. The Morgan fingerprint density at radius 1 is 1.19 bits per heavy atom. The molecule has 0 aliphatic carbocycles. The molecule has 0 unspecified atom stereocenters. The predicted octanol–water partition coefficient (Wildman–Crippen LogP) is 4.71. The molecule has 0 aliphatic heterocycles. The number of nitriles is 1. The highest BCUT2D eigenvalue weighted by atomic mass is 32.2. The molecule has 4 rings (SSSR count). The third-order valence-electron chi connectivity index (χ3n) is 5.22. The van der Waals surface area contributed by atoms with Crippen LogP contribution in [-0.4, -0.2) is 20.7 Å². The number of thioether (sulfide) groups is 1. The van der Waals surface area contributed by atoms with Gasteiger partial charge in [-0.05, 0) is 24.5 Å². The van der Waals surface area contributed by atoms with Crippen LogP contribution in [0.5, 0.6) is 0 Å². The molecule has 0 bridgehead atoms. The number of rotatable bonds is 6. The second-order valence-electron chi connectivity index (χ2n) is 7.13. The molecule has 2 N–H and O–H groups in total. The molecule has 1 atom stereocenters. The first-order chi connectivity index (χ1) is 15.0. The quantitative estimate of drug-likeness (QED) is 0.263. The summed E-state index contributed by atoms with van der Waals surface area (Å²) in [5, 5.41) is 10.0. The fourth-order valence-electron chi connectivity index (χ4n) is 3.65. The van der Waals surface area contributed by atoms with Crippen molar-refractivity contribution in [3.8, 4) is 6.07 Å². The lowest BCUT2D eigenvalue weighted by Gasteiger charge is -2.16. The average molecular weight is 429 g/mol. The van der Waals surface area contributed by atoms with Gasteiger partial charge >= 0.3 is 5.69 Å². The summed E-state index contributed by atoms with van der Waals surface area (Å²) >= 11 is 1.13. The van der Waals surface area contributed by atoms with E-state index in [1.807, 2.05) is 48.5 Å². The maximum absolute atomic E-state index is 13.8. The fraction of sp³-hybridized carbons (Fsp3) is 0.167. The van der Waals surface area contributed by atoms with Gasteiger partial charge in [0.25, 0.3) is 0 Å². The summed E-state index contributed by atoms with van der Waals surface area (Å²) in [7, 11) is 0. The molecule has 2 aromatic carbocycles. The summed E-state index contributed by atoms with van der Waals surface area (Å²) in [4.78, 5) is 35.5. The third-order valence-corrected chi connectivity index (χ3v) is 6.46. The van der Waals surface area contributed by atoms with Gasteiger partial charge < -0.3 is 9.97 Å². The number of nitrogens with zero attached hydrogens (tertiary/aromatic N) is 2. The van der Waals surface area contributed by atoms with Crippen molar-refractivity contribution in [3.05, 3.63) is 93.2 Å². The number of H-pyrrole nitrogens is 2. The number of hydrogen-bond donors (Lipinski definition) is 2. The van der Waals surface area contributed by atoms with Crippen molar-refractivity contribution in [1.29, 1.82) is 5.26 Å². The molecule has 0 saturated carbocycles. The molecule has 0 aliphatic rings. The van der Waals surface area contributed by atoms with Crippen LogP contribution in [0.2, 0.25) is 0 Å². The lowest BCUT2D eigenvalue weighted by molar-refractivity contribution is 0.0991. The third kappa shape index (κ3) is 3.90. The van der Waals surface area contributed by atoms with Crippen molar-refractivity contribution < 1.29 is 4.79 Å². The van der Waals surface area contributed by atoms with E-state index in [-0.39, 0.29) is 16.4 Å². The van der Waals surface area contributed by atoms with Gasteiger partial charge in [0.05, 0.1) is 5.25 Å².